The van der Waals surface area contributed by atoms with Gasteiger partial charge in [0.2, 0.25) is 17.7 Å². The Morgan fingerprint density at radius 2 is 1.64 bits per heavy atom. The van der Waals surface area contributed by atoms with Crippen LogP contribution in [0.2, 0.25) is 5.02 Å². The van der Waals surface area contributed by atoms with Gasteiger partial charge in [0.1, 0.15) is 29.6 Å². The van der Waals surface area contributed by atoms with E-state index >= 15 is 0 Å². The smallest absolute Gasteiger partial charge is 0.335 e. The number of alkyl halides is 1. The highest BCUT2D eigenvalue weighted by atomic mass is 127. The van der Waals surface area contributed by atoms with Crippen LogP contribution in [0.15, 0.2) is 60.8 Å². The predicted molar refractivity (Wildman–Crippen MR) is 267 cm³/mol. The molecule has 3 aromatic rings. The summed E-state index contributed by atoms with van der Waals surface area (Å²) < 4.78 is 18.8. The quantitative estimate of drug-likeness (QED) is 0.0486. The van der Waals surface area contributed by atoms with E-state index in [1.54, 1.807) is 55.9 Å². The molecule has 0 spiro atoms. The number of benzene rings is 2. The fourth-order valence-electron chi connectivity index (χ4n) is 7.83. The number of esters is 1. The minimum Gasteiger partial charge on any atom is -0.495 e. The van der Waals surface area contributed by atoms with E-state index in [-0.39, 0.29) is 72.9 Å². The van der Waals surface area contributed by atoms with E-state index in [1.807, 2.05) is 52.0 Å². The Morgan fingerprint density at radius 3 is 2.29 bits per heavy atom. The molecule has 5 amide bonds. The van der Waals surface area contributed by atoms with Crippen molar-refractivity contribution >= 4 is 75.7 Å². The standard InChI is InChI=1S/C50H65ClIN7O11/c1-29(34-16-13-32(14-17-34)26-58-27-35(56-57-58)28-68-22-21-44(63)70-59-42(61)19-20-43(59)62)45(52)30(2)39-11-10-12-41(60)54-37(24-33-15-18-40(67-9)36(51)23-33)46(64)53-31(3)50(7,8)48(66)55-38(47(65)69-39)25-49(4,5)6/h10,12-18,23,27,29-31,37-39,45H,11,19-22,24-26,28H2,1-9H3,(H,53,64)(H,54,60)(H,55,66)/b12-10+/t29?,30-,31-,37+,38-,39-,45?/m0/s1. The van der Waals surface area contributed by atoms with Gasteiger partial charge in [-0.15, -0.1) is 10.2 Å². The molecule has 3 heterocycles. The van der Waals surface area contributed by atoms with Crippen molar-refractivity contribution in [3.8, 4) is 5.75 Å². The highest BCUT2D eigenvalue weighted by Crippen LogP contribution is 2.35. The number of rotatable bonds is 16. The second-order valence-electron chi connectivity index (χ2n) is 19.7. The number of amides is 5. The van der Waals surface area contributed by atoms with Gasteiger partial charge in [-0.3, -0.25) is 24.0 Å². The first-order chi connectivity index (χ1) is 32.9. The predicted octanol–water partition coefficient (Wildman–Crippen LogP) is 6.10. The number of cyclic esters (lactones) is 1. The number of nitrogens with zero attached hydrogens (tertiary/aromatic N) is 4. The third-order valence-electron chi connectivity index (χ3n) is 12.5. The zero-order valence-electron chi connectivity index (χ0n) is 41.2. The van der Waals surface area contributed by atoms with Crippen molar-refractivity contribution in [2.45, 2.75) is 141 Å². The monoisotopic (exact) mass is 1100 g/mol. The molecule has 0 radical (unpaired) electrons. The number of carbonyl (C=O) groups is 7. The number of hydrogen-bond acceptors (Lipinski definition) is 13. The summed E-state index contributed by atoms with van der Waals surface area (Å²) in [6.07, 6.45) is 4.47. The number of methoxy groups -OCH3 is 1. The molecule has 70 heavy (non-hydrogen) atoms. The number of aromatic nitrogens is 3. The molecule has 7 atom stereocenters. The van der Waals surface area contributed by atoms with E-state index in [2.05, 4.69) is 55.8 Å². The molecule has 0 bridgehead atoms. The van der Waals surface area contributed by atoms with Gasteiger partial charge in [-0.05, 0) is 73.4 Å². The van der Waals surface area contributed by atoms with Crippen molar-refractivity contribution in [1.82, 2.24) is 36.0 Å². The maximum Gasteiger partial charge on any atom is 0.335 e. The first-order valence-corrected chi connectivity index (χ1v) is 25.0. The van der Waals surface area contributed by atoms with Crippen LogP contribution in [-0.2, 0) is 67.4 Å². The van der Waals surface area contributed by atoms with E-state index in [4.69, 9.17) is 30.6 Å². The molecular weight excluding hydrogens is 1040 g/mol. The van der Waals surface area contributed by atoms with Crippen LogP contribution in [0.3, 0.4) is 0 Å². The van der Waals surface area contributed by atoms with Crippen LogP contribution in [-0.4, -0.2) is 103 Å². The van der Waals surface area contributed by atoms with Gasteiger partial charge in [0, 0.05) is 41.6 Å². The molecule has 380 valence electrons. The molecule has 2 unspecified atom stereocenters. The van der Waals surface area contributed by atoms with E-state index in [9.17, 15) is 33.6 Å². The van der Waals surface area contributed by atoms with E-state index in [0.29, 0.717) is 33.6 Å². The summed E-state index contributed by atoms with van der Waals surface area (Å²) >= 11 is 8.80. The highest BCUT2D eigenvalue weighted by Gasteiger charge is 2.41. The lowest BCUT2D eigenvalue weighted by Crippen LogP contribution is -2.58. The van der Waals surface area contributed by atoms with E-state index in [1.165, 1.54) is 13.2 Å². The number of nitrogens with one attached hydrogen (secondary N) is 3. The molecule has 1 saturated heterocycles. The van der Waals surface area contributed by atoms with Gasteiger partial charge < -0.3 is 35.0 Å². The maximum absolute atomic E-state index is 14.3. The molecule has 1 fully saturated rings. The molecule has 1 aromatic heterocycles. The average Bonchev–Trinajstić information content (AvgIpc) is 3.88. The molecule has 18 nitrogen and oxygen atoms in total. The number of ether oxygens (including phenoxy) is 3. The molecule has 0 saturated carbocycles. The molecule has 2 aliphatic heterocycles. The summed E-state index contributed by atoms with van der Waals surface area (Å²) in [7, 11) is 1.50. The second-order valence-corrected chi connectivity index (χ2v) is 21.5. The molecule has 0 aliphatic carbocycles. The van der Waals surface area contributed by atoms with Crippen LogP contribution in [0.1, 0.15) is 116 Å². The van der Waals surface area contributed by atoms with Crippen LogP contribution in [0.5, 0.6) is 5.75 Å². The number of imide groups is 1. The van der Waals surface area contributed by atoms with Crippen LogP contribution < -0.4 is 20.7 Å². The van der Waals surface area contributed by atoms with Crippen molar-refractivity contribution in [1.29, 1.82) is 0 Å². The Morgan fingerprint density at radius 1 is 0.971 bits per heavy atom. The number of halogens is 2. The van der Waals surface area contributed by atoms with Gasteiger partial charge in [0.25, 0.3) is 11.8 Å². The topological polar surface area (TPSA) is 226 Å². The molecule has 2 aliphatic rings. The number of hydrogen-bond donors (Lipinski definition) is 3. The fourth-order valence-corrected chi connectivity index (χ4v) is 8.99. The SMILES string of the molecule is COc1ccc(C[C@H]2NC(=O)/C=C/C[C@@H]([C@H](C)C(I)C(C)c3ccc(Cn4cc(COCCC(=O)ON5C(=O)CCC5=O)nn4)cc3)OC(=O)[C@H](CC(C)(C)C)NC(=O)C(C)(C)[C@H](C)NC2=O)cc1Cl. The summed E-state index contributed by atoms with van der Waals surface area (Å²) in [4.78, 5) is 96.1. The first kappa shape index (κ1) is 55.5. The van der Waals surface area contributed by atoms with Crippen molar-refractivity contribution in [3.63, 3.8) is 0 Å². The van der Waals surface area contributed by atoms with Crippen molar-refractivity contribution < 1.29 is 52.6 Å². The molecule has 5 rings (SSSR count). The van der Waals surface area contributed by atoms with E-state index < -0.39 is 71.1 Å². The lowest BCUT2D eigenvalue weighted by atomic mass is 9.82. The third kappa shape index (κ3) is 15.5. The van der Waals surface area contributed by atoms with Gasteiger partial charge in [0.15, 0.2) is 0 Å². The summed E-state index contributed by atoms with van der Waals surface area (Å²) in [5, 5.41) is 17.9. The van der Waals surface area contributed by atoms with E-state index in [0.717, 1.165) is 11.1 Å². The molecular formula is C50H65ClIN7O11. The minimum atomic E-state index is -1.19. The van der Waals surface area contributed by atoms with Crippen LogP contribution in [0.25, 0.3) is 0 Å². The Kier molecular flexibility index (Phi) is 19.5. The zero-order chi connectivity index (χ0) is 51.5. The lowest BCUT2D eigenvalue weighted by Gasteiger charge is -2.36. The van der Waals surface area contributed by atoms with Crippen molar-refractivity contribution in [2.24, 2.45) is 16.7 Å². The Bertz CT molecular complexity index is 2390. The Labute approximate surface area is 427 Å². The summed E-state index contributed by atoms with van der Waals surface area (Å²) in [5.41, 5.74) is 1.67. The van der Waals surface area contributed by atoms with Gasteiger partial charge in [-0.1, -0.05) is 110 Å². The second kappa shape index (κ2) is 24.6. The zero-order valence-corrected chi connectivity index (χ0v) is 44.1. The van der Waals surface area contributed by atoms with Gasteiger partial charge >= 0.3 is 11.9 Å². The summed E-state index contributed by atoms with van der Waals surface area (Å²) in [6, 6.07) is 10.5. The average molecular weight is 1100 g/mol. The lowest BCUT2D eigenvalue weighted by molar-refractivity contribution is -0.198. The maximum atomic E-state index is 14.3. The third-order valence-corrected chi connectivity index (χ3v) is 15.0. The number of carbonyl (C=O) groups excluding carboxylic acids is 7. The van der Waals surface area contributed by atoms with Crippen LogP contribution in [0.4, 0.5) is 0 Å². The largest absolute Gasteiger partial charge is 0.495 e. The Hall–Kier alpha value is -5.41. The van der Waals surface area contributed by atoms with Crippen LogP contribution >= 0.6 is 34.2 Å². The minimum absolute atomic E-state index is 0.00616. The normalized spacial score (nSPS) is 22.3. The highest BCUT2D eigenvalue weighted by molar-refractivity contribution is 14.1. The van der Waals surface area contributed by atoms with Crippen molar-refractivity contribution in [3.05, 3.63) is 88.2 Å². The summed E-state index contributed by atoms with van der Waals surface area (Å²) in [5.74, 6) is -3.69. The van der Waals surface area contributed by atoms with Gasteiger partial charge in [-0.2, -0.15) is 0 Å². The molecule has 2 aromatic carbocycles. The molecule has 3 N–H and O–H groups in total. The van der Waals surface area contributed by atoms with Crippen molar-refractivity contribution in [2.75, 3.05) is 13.7 Å². The van der Waals surface area contributed by atoms with Gasteiger partial charge in [-0.25, -0.2) is 14.3 Å². The number of hydroxylamine groups is 2. The van der Waals surface area contributed by atoms with Crippen LogP contribution in [0, 0.1) is 16.7 Å². The Balaban J connectivity index is 1.28. The van der Waals surface area contributed by atoms with Gasteiger partial charge in [0.05, 0.1) is 49.9 Å². The summed E-state index contributed by atoms with van der Waals surface area (Å²) in [6.45, 7) is 15.6. The fraction of sp³-hybridized carbons (Fsp3) is 0.540. The first-order valence-electron chi connectivity index (χ1n) is 23.3. The molecule has 20 heteroatoms.